The van der Waals surface area contributed by atoms with Crippen LogP contribution in [0.5, 0.6) is 0 Å². The molecule has 2 aromatic carbocycles. The molecule has 3 heteroatoms. The highest BCUT2D eigenvalue weighted by molar-refractivity contribution is 5.70. The zero-order valence-corrected chi connectivity index (χ0v) is 12.1. The van der Waals surface area contributed by atoms with Crippen molar-refractivity contribution in [1.82, 2.24) is 4.90 Å². The van der Waals surface area contributed by atoms with Crippen LogP contribution in [0.25, 0.3) is 0 Å². The van der Waals surface area contributed by atoms with Gasteiger partial charge in [0.05, 0.1) is 0 Å². The average molecular weight is 291 g/mol. The fourth-order valence-electron chi connectivity index (χ4n) is 2.30. The zero-order valence-electron chi connectivity index (χ0n) is 12.1. The van der Waals surface area contributed by atoms with Gasteiger partial charge in [0, 0.05) is 18.3 Å². The molecule has 0 spiro atoms. The Bertz CT molecular complexity index is 663. The molecule has 0 atom stereocenters. The third-order valence-corrected chi connectivity index (χ3v) is 3.51. The van der Waals surface area contributed by atoms with Crippen molar-refractivity contribution < 1.29 is 9.53 Å². The maximum atomic E-state index is 12.0. The monoisotopic (exact) mass is 291 g/mol. The first kappa shape index (κ1) is 14.1. The Labute approximate surface area is 130 Å². The number of carbonyl (C=O) groups is 1. The third kappa shape index (κ3) is 3.44. The van der Waals surface area contributed by atoms with E-state index in [4.69, 9.17) is 4.74 Å². The fraction of sp³-hybridized carbons (Fsp3) is 0.105. The quantitative estimate of drug-likeness (QED) is 0.836. The molecule has 0 saturated carbocycles. The van der Waals surface area contributed by atoms with E-state index >= 15 is 0 Å². The number of amides is 1. The van der Waals surface area contributed by atoms with E-state index in [2.05, 4.69) is 12.1 Å². The lowest BCUT2D eigenvalue weighted by Gasteiger charge is -2.20. The van der Waals surface area contributed by atoms with Gasteiger partial charge < -0.3 is 4.74 Å². The van der Waals surface area contributed by atoms with Crippen molar-refractivity contribution in [3.63, 3.8) is 0 Å². The smallest absolute Gasteiger partial charge is 0.418 e. The molecule has 1 aliphatic rings. The summed E-state index contributed by atoms with van der Waals surface area (Å²) >= 11 is 0. The molecule has 0 aromatic heterocycles. The largest absolute Gasteiger partial charge is 0.444 e. The van der Waals surface area contributed by atoms with Crippen LogP contribution in [0.1, 0.15) is 17.0 Å². The van der Waals surface area contributed by atoms with E-state index < -0.39 is 0 Å². The number of hydrogen-bond donors (Lipinski definition) is 0. The first-order valence-corrected chi connectivity index (χ1v) is 7.23. The average Bonchev–Trinajstić information content (AvgIpc) is 2.61. The van der Waals surface area contributed by atoms with Crippen molar-refractivity contribution in [2.45, 2.75) is 12.5 Å². The molecule has 2 aromatic rings. The molecule has 0 aliphatic carbocycles. The SMILES string of the molecule is O=C(OCc1ccccc1)N1C=CC(c2ccccc2)C=C1. The Morgan fingerprint density at radius 2 is 1.50 bits per heavy atom. The van der Waals surface area contributed by atoms with Crippen LogP contribution < -0.4 is 0 Å². The van der Waals surface area contributed by atoms with E-state index in [0.29, 0.717) is 0 Å². The molecule has 0 saturated heterocycles. The molecule has 0 bridgehead atoms. The first-order valence-electron chi connectivity index (χ1n) is 7.23. The Morgan fingerprint density at radius 1 is 0.909 bits per heavy atom. The summed E-state index contributed by atoms with van der Waals surface area (Å²) in [6.45, 7) is 0.278. The van der Waals surface area contributed by atoms with E-state index in [1.165, 1.54) is 10.5 Å². The van der Waals surface area contributed by atoms with Crippen LogP contribution in [-0.2, 0) is 11.3 Å². The maximum Gasteiger partial charge on any atom is 0.418 e. The number of nitrogens with zero attached hydrogens (tertiary/aromatic N) is 1. The van der Waals surface area contributed by atoms with Gasteiger partial charge in [-0.1, -0.05) is 72.8 Å². The Kier molecular flexibility index (Phi) is 4.35. The Morgan fingerprint density at radius 3 is 2.14 bits per heavy atom. The minimum Gasteiger partial charge on any atom is -0.444 e. The van der Waals surface area contributed by atoms with Gasteiger partial charge in [0.2, 0.25) is 0 Å². The summed E-state index contributed by atoms with van der Waals surface area (Å²) in [7, 11) is 0. The van der Waals surface area contributed by atoms with Crippen LogP contribution in [0, 0.1) is 0 Å². The highest BCUT2D eigenvalue weighted by Gasteiger charge is 2.15. The van der Waals surface area contributed by atoms with Crippen LogP contribution >= 0.6 is 0 Å². The van der Waals surface area contributed by atoms with Crippen molar-refractivity contribution in [1.29, 1.82) is 0 Å². The first-order chi connectivity index (χ1) is 10.8. The fourth-order valence-corrected chi connectivity index (χ4v) is 2.30. The molecular weight excluding hydrogens is 274 g/mol. The topological polar surface area (TPSA) is 29.5 Å². The van der Waals surface area contributed by atoms with Gasteiger partial charge in [-0.3, -0.25) is 4.90 Å². The predicted octanol–water partition coefficient (Wildman–Crippen LogP) is 4.45. The minimum atomic E-state index is -0.372. The summed E-state index contributed by atoms with van der Waals surface area (Å²) in [5.74, 6) is 0.194. The van der Waals surface area contributed by atoms with Crippen LogP contribution in [0.15, 0.2) is 85.2 Å². The van der Waals surface area contributed by atoms with Gasteiger partial charge in [-0.15, -0.1) is 0 Å². The van der Waals surface area contributed by atoms with Crippen molar-refractivity contribution >= 4 is 6.09 Å². The van der Waals surface area contributed by atoms with Crippen molar-refractivity contribution in [3.05, 3.63) is 96.3 Å². The van der Waals surface area contributed by atoms with Crippen molar-refractivity contribution in [2.24, 2.45) is 0 Å². The number of carbonyl (C=O) groups excluding carboxylic acids is 1. The molecule has 22 heavy (non-hydrogen) atoms. The summed E-state index contributed by atoms with van der Waals surface area (Å²) in [5.41, 5.74) is 2.18. The van der Waals surface area contributed by atoms with E-state index in [1.54, 1.807) is 12.4 Å². The lowest BCUT2D eigenvalue weighted by molar-refractivity contribution is 0.121. The normalized spacial score (nSPS) is 14.1. The van der Waals surface area contributed by atoms with Gasteiger partial charge in [0.15, 0.2) is 0 Å². The molecule has 3 nitrogen and oxygen atoms in total. The van der Waals surface area contributed by atoms with Gasteiger partial charge >= 0.3 is 6.09 Å². The van der Waals surface area contributed by atoms with Crippen LogP contribution in [-0.4, -0.2) is 11.0 Å². The van der Waals surface area contributed by atoms with E-state index in [1.807, 2.05) is 60.7 Å². The van der Waals surface area contributed by atoms with Crippen LogP contribution in [0.2, 0.25) is 0 Å². The second-order valence-corrected chi connectivity index (χ2v) is 5.07. The number of rotatable bonds is 3. The van der Waals surface area contributed by atoms with Gasteiger partial charge in [0.25, 0.3) is 0 Å². The lowest BCUT2D eigenvalue weighted by atomic mass is 9.98. The highest BCUT2D eigenvalue weighted by atomic mass is 16.6. The number of benzene rings is 2. The number of ether oxygens (including phenoxy) is 1. The molecule has 0 unspecified atom stereocenters. The van der Waals surface area contributed by atoms with Crippen LogP contribution in [0.4, 0.5) is 4.79 Å². The third-order valence-electron chi connectivity index (χ3n) is 3.51. The second kappa shape index (κ2) is 6.76. The lowest BCUT2D eigenvalue weighted by Crippen LogP contribution is -2.23. The van der Waals surface area contributed by atoms with E-state index in [9.17, 15) is 4.79 Å². The van der Waals surface area contributed by atoms with Gasteiger partial charge in [0.1, 0.15) is 6.61 Å². The second-order valence-electron chi connectivity index (χ2n) is 5.07. The Hall–Kier alpha value is -2.81. The standard InChI is InChI=1S/C19H17NO2/c21-19(22-15-16-7-3-1-4-8-16)20-13-11-18(12-14-20)17-9-5-2-6-10-17/h1-14,18H,15H2. The number of hydrogen-bond acceptors (Lipinski definition) is 2. The van der Waals surface area contributed by atoms with E-state index in [0.717, 1.165) is 5.56 Å². The Balaban J connectivity index is 1.56. The molecule has 0 N–H and O–H groups in total. The van der Waals surface area contributed by atoms with Crippen molar-refractivity contribution in [3.8, 4) is 0 Å². The van der Waals surface area contributed by atoms with Gasteiger partial charge in [-0.2, -0.15) is 0 Å². The highest BCUT2D eigenvalue weighted by Crippen LogP contribution is 2.22. The summed E-state index contributed by atoms with van der Waals surface area (Å²) in [6.07, 6.45) is 7.11. The van der Waals surface area contributed by atoms with E-state index in [-0.39, 0.29) is 18.6 Å². The van der Waals surface area contributed by atoms with Gasteiger partial charge in [-0.05, 0) is 11.1 Å². The maximum absolute atomic E-state index is 12.0. The molecule has 1 aliphatic heterocycles. The summed E-state index contributed by atoms with van der Waals surface area (Å²) < 4.78 is 5.29. The minimum absolute atomic E-state index is 0.194. The molecular formula is C19H17NO2. The van der Waals surface area contributed by atoms with Crippen LogP contribution in [0.3, 0.4) is 0 Å². The predicted molar refractivity (Wildman–Crippen MR) is 85.9 cm³/mol. The number of allylic oxidation sites excluding steroid dienone is 2. The molecule has 1 heterocycles. The molecule has 3 rings (SSSR count). The zero-order chi connectivity index (χ0) is 15.2. The molecule has 1 amide bonds. The van der Waals surface area contributed by atoms with Gasteiger partial charge in [-0.25, -0.2) is 4.79 Å². The molecule has 110 valence electrons. The molecule has 0 radical (unpaired) electrons. The summed E-state index contributed by atoms with van der Waals surface area (Å²) in [6, 6.07) is 19.8. The summed E-state index contributed by atoms with van der Waals surface area (Å²) in [5, 5.41) is 0. The molecule has 0 fully saturated rings. The van der Waals surface area contributed by atoms with Crippen molar-refractivity contribution in [2.75, 3.05) is 0 Å². The summed E-state index contributed by atoms with van der Waals surface area (Å²) in [4.78, 5) is 13.5.